The number of hydrogen-bond acceptors (Lipinski definition) is 4. The molecule has 1 aromatic carbocycles. The van der Waals surface area contributed by atoms with Crippen molar-refractivity contribution in [3.8, 4) is 11.5 Å². The van der Waals surface area contributed by atoms with Crippen molar-refractivity contribution in [1.82, 2.24) is 5.32 Å². The summed E-state index contributed by atoms with van der Waals surface area (Å²) < 4.78 is 11.2. The Bertz CT molecular complexity index is 393. The van der Waals surface area contributed by atoms with Gasteiger partial charge in [0.2, 0.25) is 0 Å². The molecule has 0 bridgehead atoms. The minimum atomic E-state index is -0.281. The van der Waals surface area contributed by atoms with Crippen molar-refractivity contribution < 1.29 is 14.6 Å². The summed E-state index contributed by atoms with van der Waals surface area (Å²) >= 11 is 0. The van der Waals surface area contributed by atoms with Gasteiger partial charge in [0.1, 0.15) is 13.2 Å². The number of fused-ring (bicyclic) bond motifs is 1. The highest BCUT2D eigenvalue weighted by molar-refractivity contribution is 5.47. The van der Waals surface area contributed by atoms with E-state index in [1.54, 1.807) is 6.92 Å². The van der Waals surface area contributed by atoms with Gasteiger partial charge in [0, 0.05) is 18.2 Å². The van der Waals surface area contributed by atoms with E-state index in [-0.39, 0.29) is 12.1 Å². The van der Waals surface area contributed by atoms with Crippen molar-refractivity contribution in [3.63, 3.8) is 0 Å². The number of benzene rings is 1. The smallest absolute Gasteiger partial charge is 0.165 e. The monoisotopic (exact) mass is 251 g/mol. The van der Waals surface area contributed by atoms with Crippen molar-refractivity contribution in [3.05, 3.63) is 23.8 Å². The Labute approximate surface area is 108 Å². The largest absolute Gasteiger partial charge is 0.486 e. The number of aliphatic hydroxyl groups excluding tert-OH is 1. The van der Waals surface area contributed by atoms with Crippen LogP contribution in [0.25, 0.3) is 0 Å². The Morgan fingerprint density at radius 3 is 2.83 bits per heavy atom. The lowest BCUT2D eigenvalue weighted by atomic mass is 10.1. The molecular formula is C14H21NO3. The second kappa shape index (κ2) is 6.07. The molecule has 0 fully saturated rings. The molecule has 0 radical (unpaired) electrons. The van der Waals surface area contributed by atoms with E-state index < -0.39 is 0 Å². The summed E-state index contributed by atoms with van der Waals surface area (Å²) in [4.78, 5) is 0. The van der Waals surface area contributed by atoms with Gasteiger partial charge < -0.3 is 19.9 Å². The first-order chi connectivity index (χ1) is 8.66. The van der Waals surface area contributed by atoms with Gasteiger partial charge in [0.05, 0.1) is 6.10 Å². The average Bonchev–Trinajstić information content (AvgIpc) is 2.35. The van der Waals surface area contributed by atoms with Gasteiger partial charge >= 0.3 is 0 Å². The minimum Gasteiger partial charge on any atom is -0.486 e. The Hall–Kier alpha value is -1.26. The molecule has 1 aliphatic rings. The van der Waals surface area contributed by atoms with Crippen molar-refractivity contribution in [2.45, 2.75) is 39.0 Å². The third-order valence-electron chi connectivity index (χ3n) is 2.98. The average molecular weight is 251 g/mol. The summed E-state index contributed by atoms with van der Waals surface area (Å²) in [6.45, 7) is 5.81. The van der Waals surface area contributed by atoms with Gasteiger partial charge in [-0.1, -0.05) is 12.1 Å². The van der Waals surface area contributed by atoms with Crippen molar-refractivity contribution >= 4 is 0 Å². The van der Waals surface area contributed by atoms with Crippen LogP contribution in [0.5, 0.6) is 11.5 Å². The van der Waals surface area contributed by atoms with Crippen molar-refractivity contribution in [2.24, 2.45) is 0 Å². The van der Waals surface area contributed by atoms with Crippen molar-refractivity contribution in [2.75, 3.05) is 13.2 Å². The molecule has 0 aliphatic carbocycles. The minimum absolute atomic E-state index is 0.269. The zero-order chi connectivity index (χ0) is 13.0. The van der Waals surface area contributed by atoms with Gasteiger partial charge in [-0.2, -0.15) is 0 Å². The van der Waals surface area contributed by atoms with Crippen LogP contribution >= 0.6 is 0 Å². The first-order valence-electron chi connectivity index (χ1n) is 6.45. The Balaban J connectivity index is 1.97. The first-order valence-corrected chi connectivity index (χ1v) is 6.45. The summed E-state index contributed by atoms with van der Waals surface area (Å²) in [6.07, 6.45) is 0.462. The fourth-order valence-electron chi connectivity index (χ4n) is 2.15. The van der Waals surface area contributed by atoms with E-state index in [1.165, 1.54) is 0 Å². The fourth-order valence-corrected chi connectivity index (χ4v) is 2.15. The number of nitrogens with one attached hydrogen (secondary N) is 1. The van der Waals surface area contributed by atoms with Gasteiger partial charge in [0.15, 0.2) is 11.5 Å². The third-order valence-corrected chi connectivity index (χ3v) is 2.98. The van der Waals surface area contributed by atoms with E-state index in [0.717, 1.165) is 30.0 Å². The molecule has 2 N–H and O–H groups in total. The van der Waals surface area contributed by atoms with Gasteiger partial charge in [-0.15, -0.1) is 0 Å². The van der Waals surface area contributed by atoms with Crippen LogP contribution in [-0.4, -0.2) is 30.5 Å². The summed E-state index contributed by atoms with van der Waals surface area (Å²) in [7, 11) is 0. The molecule has 4 nitrogen and oxygen atoms in total. The molecule has 0 aromatic heterocycles. The summed E-state index contributed by atoms with van der Waals surface area (Å²) in [5, 5.41) is 12.7. The SMILES string of the molecule is CC(O)CC(C)NCc1cccc2c1OCCO2. The molecule has 0 spiro atoms. The predicted molar refractivity (Wildman–Crippen MR) is 70.0 cm³/mol. The highest BCUT2D eigenvalue weighted by atomic mass is 16.6. The van der Waals surface area contributed by atoms with Crippen LogP contribution in [0.4, 0.5) is 0 Å². The Morgan fingerprint density at radius 1 is 1.28 bits per heavy atom. The van der Waals surface area contributed by atoms with Crippen LogP contribution < -0.4 is 14.8 Å². The molecule has 0 saturated carbocycles. The zero-order valence-corrected chi connectivity index (χ0v) is 11.0. The number of aliphatic hydroxyl groups is 1. The molecule has 1 aliphatic heterocycles. The van der Waals surface area contributed by atoms with Crippen LogP contribution in [0.1, 0.15) is 25.8 Å². The molecule has 2 atom stereocenters. The Morgan fingerprint density at radius 2 is 2.06 bits per heavy atom. The lowest BCUT2D eigenvalue weighted by Crippen LogP contribution is -2.29. The molecule has 18 heavy (non-hydrogen) atoms. The lowest BCUT2D eigenvalue weighted by molar-refractivity contribution is 0.166. The third kappa shape index (κ3) is 3.37. The highest BCUT2D eigenvalue weighted by Crippen LogP contribution is 2.33. The van der Waals surface area contributed by atoms with E-state index in [2.05, 4.69) is 12.2 Å². The second-order valence-electron chi connectivity index (χ2n) is 4.81. The molecule has 100 valence electrons. The van der Waals surface area contributed by atoms with Crippen LogP contribution in [-0.2, 0) is 6.54 Å². The molecule has 2 rings (SSSR count). The summed E-state index contributed by atoms with van der Waals surface area (Å²) in [5.41, 5.74) is 1.10. The first kappa shape index (κ1) is 13.2. The number of hydrogen-bond donors (Lipinski definition) is 2. The fraction of sp³-hybridized carbons (Fsp3) is 0.571. The van der Waals surface area contributed by atoms with E-state index in [0.29, 0.717) is 13.2 Å². The number of rotatable bonds is 5. The number of ether oxygens (including phenoxy) is 2. The topological polar surface area (TPSA) is 50.7 Å². The highest BCUT2D eigenvalue weighted by Gasteiger charge is 2.15. The molecular weight excluding hydrogens is 230 g/mol. The molecule has 0 saturated heterocycles. The van der Waals surface area contributed by atoms with E-state index in [9.17, 15) is 5.11 Å². The maximum absolute atomic E-state index is 9.33. The van der Waals surface area contributed by atoms with Crippen LogP contribution in [0.2, 0.25) is 0 Å². The Kier molecular flexibility index (Phi) is 4.44. The van der Waals surface area contributed by atoms with Crippen molar-refractivity contribution in [1.29, 1.82) is 0 Å². The second-order valence-corrected chi connectivity index (χ2v) is 4.81. The molecule has 0 amide bonds. The molecule has 4 heteroatoms. The molecule has 1 aromatic rings. The zero-order valence-electron chi connectivity index (χ0n) is 11.0. The van der Waals surface area contributed by atoms with E-state index in [4.69, 9.17) is 9.47 Å². The normalized spacial score (nSPS) is 17.3. The quantitative estimate of drug-likeness (QED) is 0.836. The summed E-state index contributed by atoms with van der Waals surface area (Å²) in [5.74, 6) is 1.67. The molecule has 2 unspecified atom stereocenters. The van der Waals surface area contributed by atoms with Crippen LogP contribution in [0.15, 0.2) is 18.2 Å². The van der Waals surface area contributed by atoms with E-state index in [1.807, 2.05) is 18.2 Å². The summed E-state index contributed by atoms with van der Waals surface area (Å²) in [6, 6.07) is 6.21. The maximum Gasteiger partial charge on any atom is 0.165 e. The van der Waals surface area contributed by atoms with Crippen LogP contribution in [0.3, 0.4) is 0 Å². The van der Waals surface area contributed by atoms with E-state index >= 15 is 0 Å². The van der Waals surface area contributed by atoms with Crippen LogP contribution in [0, 0.1) is 0 Å². The molecule has 1 heterocycles. The standard InChI is InChI=1S/C14H21NO3/c1-10(8-11(2)16)15-9-12-4-3-5-13-14(12)18-7-6-17-13/h3-5,10-11,15-16H,6-9H2,1-2H3. The maximum atomic E-state index is 9.33. The van der Waals surface area contributed by atoms with Gasteiger partial charge in [-0.05, 0) is 26.3 Å². The van der Waals surface area contributed by atoms with Gasteiger partial charge in [-0.25, -0.2) is 0 Å². The van der Waals surface area contributed by atoms with Gasteiger partial charge in [-0.3, -0.25) is 0 Å². The van der Waals surface area contributed by atoms with Gasteiger partial charge in [0.25, 0.3) is 0 Å². The predicted octanol–water partition coefficient (Wildman–Crippen LogP) is 1.71. The lowest BCUT2D eigenvalue weighted by Gasteiger charge is -2.22. The number of para-hydroxylation sites is 1.